The predicted octanol–water partition coefficient (Wildman–Crippen LogP) is 4.74. The molecule has 0 N–H and O–H groups in total. The fourth-order valence-electron chi connectivity index (χ4n) is 1.27. The summed E-state index contributed by atoms with van der Waals surface area (Å²) < 4.78 is 19.4. The van der Waals surface area contributed by atoms with Gasteiger partial charge in [-0.25, -0.2) is 9.37 Å². The largest absolute Gasteiger partial charge is 0.435 e. The molecule has 0 radical (unpaired) electrons. The number of aromatic nitrogens is 1. The van der Waals surface area contributed by atoms with E-state index in [1.165, 1.54) is 12.3 Å². The van der Waals surface area contributed by atoms with Gasteiger partial charge in [0, 0.05) is 10.7 Å². The van der Waals surface area contributed by atoms with Crippen molar-refractivity contribution in [2.24, 2.45) is 0 Å². The van der Waals surface area contributed by atoms with Crippen molar-refractivity contribution in [2.45, 2.75) is 6.92 Å². The van der Waals surface area contributed by atoms with Crippen molar-refractivity contribution in [3.8, 4) is 11.6 Å². The summed E-state index contributed by atoms with van der Waals surface area (Å²) in [4.78, 5) is 3.84. The summed E-state index contributed by atoms with van der Waals surface area (Å²) in [5.74, 6) is -0.252. The number of nitrogens with zero attached hydrogens (tertiary/aromatic N) is 1. The molecule has 17 heavy (non-hydrogen) atoms. The van der Waals surface area contributed by atoms with Crippen LogP contribution in [-0.2, 0) is 0 Å². The molecule has 1 aromatic heterocycles. The van der Waals surface area contributed by atoms with Crippen LogP contribution in [0.1, 0.15) is 5.56 Å². The zero-order valence-electron chi connectivity index (χ0n) is 8.88. The Morgan fingerprint density at radius 2 is 2.12 bits per heavy atom. The number of aryl methyl sites for hydroxylation is 1. The Labute approximate surface area is 112 Å². The van der Waals surface area contributed by atoms with Crippen molar-refractivity contribution in [3.63, 3.8) is 0 Å². The van der Waals surface area contributed by atoms with Gasteiger partial charge < -0.3 is 4.74 Å². The third-order valence-corrected chi connectivity index (χ3v) is 2.81. The second-order valence-electron chi connectivity index (χ2n) is 3.48. The summed E-state index contributed by atoms with van der Waals surface area (Å²) in [6.07, 6.45) is 1.46. The minimum Gasteiger partial charge on any atom is -0.435 e. The first-order valence-corrected chi connectivity index (χ1v) is 5.98. The molecule has 0 aliphatic rings. The first-order valence-electron chi connectivity index (χ1n) is 4.81. The quantitative estimate of drug-likeness (QED) is 0.798. The smallest absolute Gasteiger partial charge is 0.255 e. The van der Waals surface area contributed by atoms with Crippen molar-refractivity contribution >= 4 is 27.5 Å². The molecule has 2 nitrogen and oxygen atoms in total. The van der Waals surface area contributed by atoms with E-state index in [2.05, 4.69) is 20.9 Å². The van der Waals surface area contributed by atoms with E-state index in [1.54, 1.807) is 12.1 Å². The Morgan fingerprint density at radius 1 is 1.35 bits per heavy atom. The second kappa shape index (κ2) is 5.02. The predicted molar refractivity (Wildman–Crippen MR) is 68.2 cm³/mol. The summed E-state index contributed by atoms with van der Waals surface area (Å²) in [7, 11) is 0. The van der Waals surface area contributed by atoms with Gasteiger partial charge in [-0.1, -0.05) is 17.7 Å². The Hall–Kier alpha value is -1.13. The topological polar surface area (TPSA) is 22.1 Å². The molecule has 0 atom stereocenters. The molecule has 0 spiro atoms. The summed E-state index contributed by atoms with van der Waals surface area (Å²) >= 11 is 9.07. The van der Waals surface area contributed by atoms with Gasteiger partial charge in [0.2, 0.25) is 0 Å². The highest BCUT2D eigenvalue weighted by Crippen LogP contribution is 2.30. The van der Waals surface area contributed by atoms with Gasteiger partial charge in [0.15, 0.2) is 5.82 Å². The van der Waals surface area contributed by atoms with Crippen LogP contribution in [0.4, 0.5) is 4.39 Å². The lowest BCUT2D eigenvalue weighted by Gasteiger charge is -2.08. The van der Waals surface area contributed by atoms with E-state index in [9.17, 15) is 4.39 Å². The van der Waals surface area contributed by atoms with E-state index in [4.69, 9.17) is 16.3 Å². The van der Waals surface area contributed by atoms with E-state index in [0.29, 0.717) is 15.2 Å². The van der Waals surface area contributed by atoms with Crippen molar-refractivity contribution in [3.05, 3.63) is 51.3 Å². The lowest BCUT2D eigenvalue weighted by Crippen LogP contribution is -1.93. The molecule has 0 aliphatic carbocycles. The maximum Gasteiger partial charge on any atom is 0.255 e. The van der Waals surface area contributed by atoms with Crippen molar-refractivity contribution < 1.29 is 9.13 Å². The summed E-state index contributed by atoms with van der Waals surface area (Å²) in [6, 6.07) is 6.56. The number of ether oxygens (including phenoxy) is 1. The van der Waals surface area contributed by atoms with Gasteiger partial charge in [-0.05, 0) is 46.6 Å². The highest BCUT2D eigenvalue weighted by Gasteiger charge is 2.09. The van der Waals surface area contributed by atoms with E-state index >= 15 is 0 Å². The standard InChI is InChI=1S/C12H8BrClFNO/c1-7-2-3-9(14)11(4-7)17-12-10(15)5-8(13)6-16-12/h2-6H,1H3. The number of hydrogen-bond acceptors (Lipinski definition) is 2. The van der Waals surface area contributed by atoms with Crippen molar-refractivity contribution in [1.82, 2.24) is 4.98 Å². The summed E-state index contributed by atoms with van der Waals surface area (Å²) in [5.41, 5.74) is 0.974. The maximum absolute atomic E-state index is 13.5. The number of pyridine rings is 1. The number of hydrogen-bond donors (Lipinski definition) is 0. The summed E-state index contributed by atoms with van der Waals surface area (Å²) in [5, 5.41) is 0.416. The van der Waals surface area contributed by atoms with E-state index in [-0.39, 0.29) is 5.88 Å². The minimum absolute atomic E-state index is 0.0966. The van der Waals surface area contributed by atoms with Crippen LogP contribution in [0.3, 0.4) is 0 Å². The lowest BCUT2D eigenvalue weighted by atomic mass is 10.2. The highest BCUT2D eigenvalue weighted by molar-refractivity contribution is 9.10. The minimum atomic E-state index is -0.544. The van der Waals surface area contributed by atoms with Crippen LogP contribution in [-0.4, -0.2) is 4.98 Å². The molecule has 0 amide bonds. The Kier molecular flexibility index (Phi) is 3.64. The van der Waals surface area contributed by atoms with E-state index < -0.39 is 5.82 Å². The fourth-order valence-corrected chi connectivity index (χ4v) is 1.73. The maximum atomic E-state index is 13.5. The molecule has 0 fully saturated rings. The molecule has 0 bridgehead atoms. The fraction of sp³-hybridized carbons (Fsp3) is 0.0833. The highest BCUT2D eigenvalue weighted by atomic mass is 79.9. The second-order valence-corrected chi connectivity index (χ2v) is 4.80. The van der Waals surface area contributed by atoms with Gasteiger partial charge in [0.25, 0.3) is 5.88 Å². The van der Waals surface area contributed by atoms with Gasteiger partial charge in [-0.3, -0.25) is 0 Å². The molecule has 0 saturated carbocycles. The first-order chi connectivity index (χ1) is 8.06. The number of benzene rings is 1. The number of halogens is 3. The summed E-state index contributed by atoms with van der Waals surface area (Å²) in [6.45, 7) is 1.90. The molecular weight excluding hydrogens is 308 g/mol. The van der Waals surface area contributed by atoms with Crippen molar-refractivity contribution in [1.29, 1.82) is 0 Å². The van der Waals surface area contributed by atoms with Gasteiger partial charge in [0.05, 0.1) is 5.02 Å². The Balaban J connectivity index is 2.34. The zero-order valence-corrected chi connectivity index (χ0v) is 11.2. The molecule has 2 aromatic rings. The van der Waals surface area contributed by atoms with Crippen LogP contribution in [0.25, 0.3) is 0 Å². The molecular formula is C12H8BrClFNO. The van der Waals surface area contributed by atoms with Gasteiger partial charge >= 0.3 is 0 Å². The van der Waals surface area contributed by atoms with Gasteiger partial charge in [-0.15, -0.1) is 0 Å². The van der Waals surface area contributed by atoms with Crippen molar-refractivity contribution in [2.75, 3.05) is 0 Å². The van der Waals surface area contributed by atoms with Crippen LogP contribution >= 0.6 is 27.5 Å². The van der Waals surface area contributed by atoms with Gasteiger partial charge in [-0.2, -0.15) is 0 Å². The third-order valence-electron chi connectivity index (χ3n) is 2.07. The van der Waals surface area contributed by atoms with Crippen LogP contribution in [0.2, 0.25) is 5.02 Å². The third kappa shape index (κ3) is 2.96. The van der Waals surface area contributed by atoms with E-state index in [0.717, 1.165) is 5.56 Å². The zero-order chi connectivity index (χ0) is 12.4. The van der Waals surface area contributed by atoms with Crippen LogP contribution in [0.5, 0.6) is 11.6 Å². The molecule has 1 aromatic carbocycles. The number of rotatable bonds is 2. The molecule has 88 valence electrons. The normalized spacial score (nSPS) is 10.4. The molecule has 0 unspecified atom stereocenters. The monoisotopic (exact) mass is 315 g/mol. The Morgan fingerprint density at radius 3 is 2.82 bits per heavy atom. The molecule has 1 heterocycles. The molecule has 0 aliphatic heterocycles. The lowest BCUT2D eigenvalue weighted by molar-refractivity contribution is 0.422. The van der Waals surface area contributed by atoms with Crippen LogP contribution < -0.4 is 4.74 Å². The first kappa shape index (κ1) is 12.3. The average Bonchev–Trinajstić information content (AvgIpc) is 2.27. The Bertz CT molecular complexity index is 562. The average molecular weight is 317 g/mol. The SMILES string of the molecule is Cc1ccc(Cl)c(Oc2ncc(Br)cc2F)c1. The molecule has 5 heteroatoms. The van der Waals surface area contributed by atoms with Gasteiger partial charge in [0.1, 0.15) is 5.75 Å². The molecule has 2 rings (SSSR count). The van der Waals surface area contributed by atoms with Crippen LogP contribution in [0.15, 0.2) is 34.9 Å². The molecule has 0 saturated heterocycles. The van der Waals surface area contributed by atoms with Crippen LogP contribution in [0, 0.1) is 12.7 Å². The van der Waals surface area contributed by atoms with E-state index in [1.807, 2.05) is 13.0 Å².